The van der Waals surface area contributed by atoms with E-state index in [4.69, 9.17) is 0 Å². The summed E-state index contributed by atoms with van der Waals surface area (Å²) in [6.45, 7) is 4.10. The lowest BCUT2D eigenvalue weighted by molar-refractivity contribution is 0.196. The van der Waals surface area contributed by atoms with E-state index in [9.17, 15) is 4.79 Å². The molecule has 0 aliphatic heterocycles. The van der Waals surface area contributed by atoms with Crippen molar-refractivity contribution in [3.63, 3.8) is 0 Å². The average Bonchev–Trinajstić information content (AvgIpc) is 3.05. The summed E-state index contributed by atoms with van der Waals surface area (Å²) in [6, 6.07) is 5.92. The molecule has 0 radical (unpaired) electrons. The zero-order valence-corrected chi connectivity index (χ0v) is 14.5. The van der Waals surface area contributed by atoms with Gasteiger partial charge in [-0.1, -0.05) is 37.5 Å². The zero-order valence-electron chi connectivity index (χ0n) is 14.5. The number of nitrogens with one attached hydrogen (secondary N) is 2. The first kappa shape index (κ1) is 16.4. The van der Waals surface area contributed by atoms with Gasteiger partial charge in [0.25, 0.3) is 0 Å². The summed E-state index contributed by atoms with van der Waals surface area (Å²) in [5, 5.41) is 18.3. The maximum absolute atomic E-state index is 12.1. The van der Waals surface area contributed by atoms with E-state index in [0.717, 1.165) is 42.5 Å². The van der Waals surface area contributed by atoms with Crippen molar-refractivity contribution in [2.45, 2.75) is 51.5 Å². The molecule has 0 bridgehead atoms. The molecule has 1 aliphatic rings. The molecule has 1 aromatic carbocycles. The number of tetrazole rings is 1. The number of carbonyl (C=O) groups excluding carboxylic acids is 1. The zero-order chi connectivity index (χ0) is 17.2. The number of carbonyl (C=O) groups is 1. The Morgan fingerprint density at radius 3 is 2.46 bits per heavy atom. The minimum atomic E-state index is -0.531. The predicted molar refractivity (Wildman–Crippen MR) is 91.0 cm³/mol. The summed E-state index contributed by atoms with van der Waals surface area (Å²) in [7, 11) is 1.63. The standard InChI is InChI=1S/C17H24N6O/c1-12-8-7-9-13(2)14(12)23-15(20-21-22-23)17(19-16(24)18-3)10-5-4-6-11-17/h7-9H,4-6,10-11H2,1-3H3,(H2,18,19,24). The highest BCUT2D eigenvalue weighted by Gasteiger charge is 2.40. The van der Waals surface area contributed by atoms with E-state index in [1.54, 1.807) is 11.7 Å². The first-order chi connectivity index (χ1) is 11.6. The molecule has 0 unspecified atom stereocenters. The van der Waals surface area contributed by atoms with Gasteiger partial charge in [0.05, 0.1) is 5.69 Å². The first-order valence-corrected chi connectivity index (χ1v) is 8.43. The van der Waals surface area contributed by atoms with Crippen LogP contribution >= 0.6 is 0 Å². The van der Waals surface area contributed by atoms with Gasteiger partial charge in [-0.25, -0.2) is 4.79 Å². The molecular formula is C17H24N6O. The maximum atomic E-state index is 12.1. The second kappa shape index (κ2) is 6.59. The van der Waals surface area contributed by atoms with Crippen LogP contribution < -0.4 is 10.6 Å². The topological polar surface area (TPSA) is 84.7 Å². The van der Waals surface area contributed by atoms with Crippen LogP contribution in [0.15, 0.2) is 18.2 Å². The SMILES string of the molecule is CNC(=O)NC1(c2nnnn2-c2c(C)cccc2C)CCCCC1. The van der Waals surface area contributed by atoms with Gasteiger partial charge < -0.3 is 10.6 Å². The third kappa shape index (κ3) is 2.86. The Morgan fingerprint density at radius 1 is 1.17 bits per heavy atom. The smallest absolute Gasteiger partial charge is 0.315 e. The number of urea groups is 1. The van der Waals surface area contributed by atoms with Crippen molar-refractivity contribution in [2.75, 3.05) is 7.05 Å². The number of benzene rings is 1. The van der Waals surface area contributed by atoms with Gasteiger partial charge in [0, 0.05) is 7.05 Å². The summed E-state index contributed by atoms with van der Waals surface area (Å²) >= 11 is 0. The molecule has 1 saturated carbocycles. The molecule has 2 amide bonds. The fourth-order valence-corrected chi connectivity index (χ4v) is 3.62. The van der Waals surface area contributed by atoms with Crippen molar-refractivity contribution in [2.24, 2.45) is 0 Å². The van der Waals surface area contributed by atoms with Crippen molar-refractivity contribution in [1.82, 2.24) is 30.8 Å². The fourth-order valence-electron chi connectivity index (χ4n) is 3.62. The maximum Gasteiger partial charge on any atom is 0.315 e. The monoisotopic (exact) mass is 328 g/mol. The number of para-hydroxylation sites is 1. The van der Waals surface area contributed by atoms with Crippen LogP contribution in [0.2, 0.25) is 0 Å². The predicted octanol–water partition coefficient (Wildman–Crippen LogP) is 2.37. The van der Waals surface area contributed by atoms with E-state index in [2.05, 4.69) is 26.2 Å². The second-order valence-electron chi connectivity index (χ2n) is 6.50. The third-order valence-corrected chi connectivity index (χ3v) is 4.84. The van der Waals surface area contributed by atoms with Gasteiger partial charge in [-0.15, -0.1) is 5.10 Å². The van der Waals surface area contributed by atoms with Crippen LogP contribution in [0.3, 0.4) is 0 Å². The Morgan fingerprint density at radius 2 is 1.83 bits per heavy atom. The molecule has 0 atom stereocenters. The number of rotatable bonds is 3. The number of nitrogens with zero attached hydrogens (tertiary/aromatic N) is 4. The van der Waals surface area contributed by atoms with Crippen LogP contribution in [0.25, 0.3) is 5.69 Å². The normalized spacial score (nSPS) is 16.6. The molecular weight excluding hydrogens is 304 g/mol. The molecule has 1 heterocycles. The van der Waals surface area contributed by atoms with Crippen LogP contribution in [0.4, 0.5) is 4.79 Å². The Hall–Kier alpha value is -2.44. The lowest BCUT2D eigenvalue weighted by Gasteiger charge is -2.36. The van der Waals surface area contributed by atoms with Crippen molar-refractivity contribution < 1.29 is 4.79 Å². The number of aryl methyl sites for hydroxylation is 2. The van der Waals surface area contributed by atoms with E-state index < -0.39 is 5.54 Å². The highest BCUT2D eigenvalue weighted by molar-refractivity contribution is 5.74. The molecule has 24 heavy (non-hydrogen) atoms. The summed E-state index contributed by atoms with van der Waals surface area (Å²) in [5.41, 5.74) is 2.67. The Balaban J connectivity index is 2.11. The summed E-state index contributed by atoms with van der Waals surface area (Å²) in [5.74, 6) is 0.711. The van der Waals surface area contributed by atoms with Crippen LogP contribution in [0.1, 0.15) is 49.1 Å². The quantitative estimate of drug-likeness (QED) is 0.906. The van der Waals surface area contributed by atoms with Gasteiger partial charge in [-0.3, -0.25) is 0 Å². The van der Waals surface area contributed by atoms with Crippen LogP contribution in [-0.2, 0) is 5.54 Å². The van der Waals surface area contributed by atoms with Crippen molar-refractivity contribution in [3.05, 3.63) is 35.2 Å². The molecule has 0 saturated heterocycles. The van der Waals surface area contributed by atoms with E-state index in [1.165, 1.54) is 6.42 Å². The minimum Gasteiger partial charge on any atom is -0.341 e. The second-order valence-corrected chi connectivity index (χ2v) is 6.50. The number of hydrogen-bond donors (Lipinski definition) is 2. The van der Waals surface area contributed by atoms with Gasteiger partial charge in [-0.05, 0) is 48.2 Å². The molecule has 0 spiro atoms. The molecule has 2 aromatic rings. The molecule has 3 rings (SSSR count). The Kier molecular flexibility index (Phi) is 4.51. The van der Waals surface area contributed by atoms with Gasteiger partial charge in [0.15, 0.2) is 5.82 Å². The number of hydrogen-bond acceptors (Lipinski definition) is 4. The van der Waals surface area contributed by atoms with Gasteiger partial charge in [0.2, 0.25) is 0 Å². The van der Waals surface area contributed by atoms with Gasteiger partial charge >= 0.3 is 6.03 Å². The van der Waals surface area contributed by atoms with Gasteiger partial charge in [0.1, 0.15) is 5.54 Å². The minimum absolute atomic E-state index is 0.201. The number of amides is 2. The van der Waals surface area contributed by atoms with Gasteiger partial charge in [-0.2, -0.15) is 4.68 Å². The average molecular weight is 328 g/mol. The van der Waals surface area contributed by atoms with E-state index >= 15 is 0 Å². The van der Waals surface area contributed by atoms with Crippen LogP contribution in [0, 0.1) is 13.8 Å². The molecule has 7 nitrogen and oxygen atoms in total. The van der Waals surface area contributed by atoms with Crippen molar-refractivity contribution in [3.8, 4) is 5.69 Å². The molecule has 1 fully saturated rings. The van der Waals surface area contributed by atoms with E-state index in [0.29, 0.717) is 5.82 Å². The van der Waals surface area contributed by atoms with E-state index in [-0.39, 0.29) is 6.03 Å². The van der Waals surface area contributed by atoms with Crippen LogP contribution in [-0.4, -0.2) is 33.3 Å². The third-order valence-electron chi connectivity index (χ3n) is 4.84. The van der Waals surface area contributed by atoms with E-state index in [1.807, 2.05) is 32.0 Å². The largest absolute Gasteiger partial charge is 0.341 e. The molecule has 128 valence electrons. The van der Waals surface area contributed by atoms with Crippen molar-refractivity contribution >= 4 is 6.03 Å². The highest BCUT2D eigenvalue weighted by Crippen LogP contribution is 2.37. The fraction of sp³-hybridized carbons (Fsp3) is 0.529. The highest BCUT2D eigenvalue weighted by atomic mass is 16.2. The summed E-state index contributed by atoms with van der Waals surface area (Å²) < 4.78 is 1.80. The Labute approximate surface area is 141 Å². The lowest BCUT2D eigenvalue weighted by Crippen LogP contribution is -2.51. The summed E-state index contributed by atoms with van der Waals surface area (Å²) in [6.07, 6.45) is 4.94. The molecule has 7 heteroatoms. The van der Waals surface area contributed by atoms with Crippen molar-refractivity contribution in [1.29, 1.82) is 0 Å². The lowest BCUT2D eigenvalue weighted by atomic mass is 9.81. The molecule has 1 aromatic heterocycles. The Bertz CT molecular complexity index is 712. The summed E-state index contributed by atoms with van der Waals surface area (Å²) in [4.78, 5) is 12.1. The molecule has 1 aliphatic carbocycles. The molecule has 2 N–H and O–H groups in total. The first-order valence-electron chi connectivity index (χ1n) is 8.43. The van der Waals surface area contributed by atoms with Crippen LogP contribution in [0.5, 0.6) is 0 Å². The number of aromatic nitrogens is 4.